The van der Waals surface area contributed by atoms with Crippen molar-refractivity contribution in [1.29, 1.82) is 0 Å². The number of carbonyl (C=O) groups excluding carboxylic acids is 1. The van der Waals surface area contributed by atoms with E-state index in [-0.39, 0.29) is 28.8 Å². The maximum atomic E-state index is 14.6. The van der Waals surface area contributed by atoms with E-state index >= 15 is 0 Å². The van der Waals surface area contributed by atoms with Gasteiger partial charge in [-0.05, 0) is 75.7 Å². The molecule has 1 aromatic rings. The number of ether oxygens (including phenoxy) is 2. The van der Waals surface area contributed by atoms with Crippen LogP contribution in [-0.2, 0) is 29.9 Å². The zero-order valence-electron chi connectivity index (χ0n) is 28.3. The number of nitrogens with zero attached hydrogens (tertiary/aromatic N) is 1. The van der Waals surface area contributed by atoms with E-state index in [1.54, 1.807) is 7.11 Å². The molecule has 3 aliphatic rings. The van der Waals surface area contributed by atoms with Crippen LogP contribution in [0.1, 0.15) is 90.2 Å². The van der Waals surface area contributed by atoms with Crippen LogP contribution < -0.4 is 5.46 Å². The minimum absolute atomic E-state index is 0.0264. The van der Waals surface area contributed by atoms with Crippen LogP contribution in [0.25, 0.3) is 0 Å². The van der Waals surface area contributed by atoms with E-state index in [0.717, 1.165) is 17.1 Å². The summed E-state index contributed by atoms with van der Waals surface area (Å²) in [6, 6.07) is 1.07. The highest BCUT2D eigenvalue weighted by Crippen LogP contribution is 2.53. The predicted molar refractivity (Wildman–Crippen MR) is 172 cm³/mol. The SMILES string of the molecule is CO[C@@]12C[C@@H](O[Si](C)(C)C(C)(C)C)[C@H](C)[C@@H](C1)c1c(B3OC(C)(C)C(C)(C)O3)cn(COCC[Si](C)(C)C)c1C2=O. The number of fused-ring (bicyclic) bond motifs is 4. The maximum Gasteiger partial charge on any atom is 0.496 e. The zero-order chi connectivity index (χ0) is 31.0. The summed E-state index contributed by atoms with van der Waals surface area (Å²) in [5.41, 5.74) is 0.780. The number of ketones is 1. The van der Waals surface area contributed by atoms with Gasteiger partial charge < -0.3 is 27.8 Å². The Balaban J connectivity index is 1.79. The quantitative estimate of drug-likeness (QED) is 0.234. The Morgan fingerprint density at radius 2 is 1.63 bits per heavy atom. The summed E-state index contributed by atoms with van der Waals surface area (Å²) < 4.78 is 34.6. The van der Waals surface area contributed by atoms with Crippen molar-refractivity contribution in [3.8, 4) is 0 Å². The molecule has 2 fully saturated rings. The van der Waals surface area contributed by atoms with Crippen molar-refractivity contribution < 1.29 is 28.0 Å². The first-order chi connectivity index (χ1) is 18.6. The number of hydrogen-bond donors (Lipinski definition) is 0. The Labute approximate surface area is 251 Å². The summed E-state index contributed by atoms with van der Waals surface area (Å²) in [6.45, 7) is 30.0. The number of rotatable bonds is 9. The molecule has 4 atom stereocenters. The lowest BCUT2D eigenvalue weighted by Crippen LogP contribution is -2.59. The van der Waals surface area contributed by atoms with E-state index in [0.29, 0.717) is 31.9 Å². The van der Waals surface area contributed by atoms with Gasteiger partial charge in [0.15, 0.2) is 8.32 Å². The van der Waals surface area contributed by atoms with Gasteiger partial charge >= 0.3 is 7.12 Å². The minimum Gasteiger partial charge on any atom is -0.414 e. The average Bonchev–Trinajstić information content (AvgIpc) is 3.29. The topological polar surface area (TPSA) is 68.2 Å². The molecule has 1 saturated carbocycles. The molecular weight excluding hydrogens is 549 g/mol. The minimum atomic E-state index is -2.09. The lowest BCUT2D eigenvalue weighted by Gasteiger charge is -2.52. The Bertz CT molecular complexity index is 1130. The molecule has 0 unspecified atom stereocenters. The van der Waals surface area contributed by atoms with E-state index < -0.39 is 40.3 Å². The second-order valence-corrected chi connectivity index (χ2v) is 26.9. The van der Waals surface area contributed by atoms with Crippen molar-refractivity contribution in [3.05, 3.63) is 17.5 Å². The third-order valence-corrected chi connectivity index (χ3v) is 17.0. The van der Waals surface area contributed by atoms with Crippen LogP contribution in [0.4, 0.5) is 0 Å². The molecule has 0 N–H and O–H groups in total. The van der Waals surface area contributed by atoms with Gasteiger partial charge in [0.1, 0.15) is 12.3 Å². The summed E-state index contributed by atoms with van der Waals surface area (Å²) >= 11 is 0. The molecule has 2 heterocycles. The Kier molecular flexibility index (Phi) is 8.65. The van der Waals surface area contributed by atoms with Gasteiger partial charge in [-0.25, -0.2) is 0 Å². The fourth-order valence-corrected chi connectivity index (χ4v) is 8.33. The van der Waals surface area contributed by atoms with Gasteiger partial charge in [-0.2, -0.15) is 0 Å². The van der Waals surface area contributed by atoms with Crippen LogP contribution in [0.15, 0.2) is 6.20 Å². The molecule has 0 spiro atoms. The van der Waals surface area contributed by atoms with Crippen LogP contribution in [-0.4, -0.2) is 70.5 Å². The lowest BCUT2D eigenvalue weighted by molar-refractivity contribution is -0.0780. The molecule has 7 nitrogen and oxygen atoms in total. The smallest absolute Gasteiger partial charge is 0.414 e. The fraction of sp³-hybridized carbons (Fsp3) is 0.839. The molecule has 0 amide bonds. The second-order valence-electron chi connectivity index (χ2n) is 16.6. The Morgan fingerprint density at radius 1 is 1.05 bits per heavy atom. The Hall–Kier alpha value is -0.751. The number of methoxy groups -OCH3 is 1. The first-order valence-electron chi connectivity index (χ1n) is 15.5. The number of aromatic nitrogens is 1. The van der Waals surface area contributed by atoms with Crippen LogP contribution in [0.2, 0.25) is 43.8 Å². The largest absolute Gasteiger partial charge is 0.496 e. The highest BCUT2D eigenvalue weighted by Gasteiger charge is 2.60. The summed E-state index contributed by atoms with van der Waals surface area (Å²) in [5.74, 6) is 0.297. The van der Waals surface area contributed by atoms with Gasteiger partial charge in [-0.1, -0.05) is 47.3 Å². The monoisotopic (exact) mass is 605 g/mol. The van der Waals surface area contributed by atoms with Crippen molar-refractivity contribution in [2.45, 2.75) is 148 Å². The van der Waals surface area contributed by atoms with Crippen LogP contribution in [0, 0.1) is 5.92 Å². The number of hydrogen-bond acceptors (Lipinski definition) is 6. The van der Waals surface area contributed by atoms with E-state index in [2.05, 4.69) is 94.3 Å². The van der Waals surface area contributed by atoms with Gasteiger partial charge in [-0.3, -0.25) is 4.79 Å². The second kappa shape index (κ2) is 10.7. The van der Waals surface area contributed by atoms with Crippen LogP contribution in [0.5, 0.6) is 0 Å². The summed E-state index contributed by atoms with van der Waals surface area (Å²) in [5, 5.41) is 0.0686. The first-order valence-corrected chi connectivity index (χ1v) is 22.1. The summed E-state index contributed by atoms with van der Waals surface area (Å²) in [6.07, 6.45) is 3.19. The van der Waals surface area contributed by atoms with Crippen molar-refractivity contribution >= 4 is 34.8 Å². The van der Waals surface area contributed by atoms with Crippen LogP contribution in [0.3, 0.4) is 0 Å². The van der Waals surface area contributed by atoms with E-state index in [4.69, 9.17) is 23.2 Å². The van der Waals surface area contributed by atoms with Crippen molar-refractivity contribution in [2.24, 2.45) is 5.92 Å². The molecule has 2 bridgehead atoms. The van der Waals surface area contributed by atoms with Crippen molar-refractivity contribution in [3.63, 3.8) is 0 Å². The molecule has 4 rings (SSSR count). The van der Waals surface area contributed by atoms with E-state index in [1.807, 2.05) is 4.57 Å². The van der Waals surface area contributed by atoms with Gasteiger partial charge in [0.25, 0.3) is 0 Å². The highest BCUT2D eigenvalue weighted by atomic mass is 28.4. The summed E-state index contributed by atoms with van der Waals surface area (Å²) in [4.78, 5) is 14.6. The normalized spacial score (nSPS) is 29.7. The zero-order valence-corrected chi connectivity index (χ0v) is 30.3. The van der Waals surface area contributed by atoms with E-state index in [9.17, 15) is 4.79 Å². The molecule has 1 aliphatic heterocycles. The standard InChI is InChI=1S/C31H56BNO6Si2/c1-21-22-17-31(35-9,18-24(21)37-41(13,14)28(2,3)4)27(34)26-25(22)23(32-38-29(5,6)30(7,8)39-32)19-33(26)20-36-15-16-40(10,11)12/h19,21-22,24H,15-18,20H2,1-14H3/t21-,22-,24-,31-/m1/s1. The third-order valence-electron chi connectivity index (χ3n) is 10.8. The first kappa shape index (κ1) is 33.1. The molecule has 2 aliphatic carbocycles. The average molecular weight is 606 g/mol. The number of carbonyl (C=O) groups is 1. The van der Waals surface area contributed by atoms with Crippen LogP contribution >= 0.6 is 0 Å². The summed E-state index contributed by atoms with van der Waals surface area (Å²) in [7, 11) is -2.21. The molecule has 0 radical (unpaired) electrons. The third kappa shape index (κ3) is 6.00. The van der Waals surface area contributed by atoms with Crippen molar-refractivity contribution in [1.82, 2.24) is 4.57 Å². The fourth-order valence-electron chi connectivity index (χ4n) is 6.16. The van der Waals surface area contributed by atoms with Gasteiger partial charge in [0, 0.05) is 39.9 Å². The molecule has 41 heavy (non-hydrogen) atoms. The molecular formula is C31H56BNO6Si2. The van der Waals surface area contributed by atoms with Gasteiger partial charge in [0.2, 0.25) is 5.78 Å². The number of Topliss-reactive ketones (excluding diaryl/α,β-unsaturated/α-hetero) is 1. The van der Waals surface area contributed by atoms with Crippen molar-refractivity contribution in [2.75, 3.05) is 13.7 Å². The van der Waals surface area contributed by atoms with Gasteiger partial charge in [0.05, 0.1) is 23.0 Å². The maximum absolute atomic E-state index is 14.6. The highest BCUT2D eigenvalue weighted by molar-refractivity contribution is 6.76. The molecule has 1 aromatic heterocycles. The molecule has 232 valence electrons. The molecule has 1 saturated heterocycles. The van der Waals surface area contributed by atoms with E-state index in [1.165, 1.54) is 0 Å². The molecule has 0 aromatic carbocycles. The Morgan fingerprint density at radius 3 is 2.15 bits per heavy atom. The molecule has 10 heteroatoms. The lowest BCUT2D eigenvalue weighted by atomic mass is 9.59. The predicted octanol–water partition coefficient (Wildman–Crippen LogP) is 6.59. The van der Waals surface area contributed by atoms with Gasteiger partial charge in [-0.15, -0.1) is 0 Å².